The van der Waals surface area contributed by atoms with E-state index in [4.69, 9.17) is 4.74 Å². The van der Waals surface area contributed by atoms with Gasteiger partial charge in [-0.15, -0.1) is 0 Å². The molecule has 2 unspecified atom stereocenters. The molecular weight excluding hydrogens is 218 g/mol. The summed E-state index contributed by atoms with van der Waals surface area (Å²) in [5, 5.41) is 12.9. The molecule has 0 aromatic carbocycles. The van der Waals surface area contributed by atoms with E-state index in [1.165, 1.54) is 0 Å². The molecule has 0 spiro atoms. The van der Waals surface area contributed by atoms with E-state index >= 15 is 0 Å². The van der Waals surface area contributed by atoms with Gasteiger partial charge in [-0.2, -0.15) is 0 Å². The molecule has 0 saturated heterocycles. The number of carboxylic acid groups (broad SMARTS) is 1. The number of aliphatic carboxylic acids is 1. The first-order valence-electron chi connectivity index (χ1n) is 6.71. The van der Waals surface area contributed by atoms with Gasteiger partial charge in [0.25, 0.3) is 0 Å². The van der Waals surface area contributed by atoms with Crippen LogP contribution in [0.25, 0.3) is 0 Å². The van der Waals surface area contributed by atoms with Crippen LogP contribution in [0, 0.1) is 5.92 Å². The topological polar surface area (TPSA) is 58.6 Å². The summed E-state index contributed by atoms with van der Waals surface area (Å²) in [7, 11) is 0. The first kappa shape index (κ1) is 12.8. The summed E-state index contributed by atoms with van der Waals surface area (Å²) in [6, 6.07) is 0.396. The molecule has 2 fully saturated rings. The van der Waals surface area contributed by atoms with Gasteiger partial charge in [-0.3, -0.25) is 10.1 Å². The van der Waals surface area contributed by atoms with Gasteiger partial charge in [0.05, 0.1) is 12.7 Å². The Balaban J connectivity index is 2.00. The lowest BCUT2D eigenvalue weighted by molar-refractivity contribution is -0.150. The van der Waals surface area contributed by atoms with Crippen molar-refractivity contribution in [3.8, 4) is 0 Å². The molecule has 4 nitrogen and oxygen atoms in total. The van der Waals surface area contributed by atoms with Gasteiger partial charge < -0.3 is 9.84 Å². The lowest BCUT2D eigenvalue weighted by Gasteiger charge is -2.32. The zero-order valence-corrected chi connectivity index (χ0v) is 10.7. The average Bonchev–Trinajstić information content (AvgIpc) is 3.15. The zero-order chi connectivity index (χ0) is 12.5. The van der Waals surface area contributed by atoms with Crippen LogP contribution in [0.1, 0.15) is 46.0 Å². The Labute approximate surface area is 103 Å². The second-order valence-electron chi connectivity index (χ2n) is 5.50. The van der Waals surface area contributed by atoms with E-state index < -0.39 is 11.5 Å². The van der Waals surface area contributed by atoms with Gasteiger partial charge in [0.1, 0.15) is 5.54 Å². The molecule has 2 aliphatic rings. The maximum Gasteiger partial charge on any atom is 0.326 e. The Morgan fingerprint density at radius 1 is 1.47 bits per heavy atom. The van der Waals surface area contributed by atoms with Crippen LogP contribution in [0.5, 0.6) is 0 Å². The number of ether oxygens (including phenoxy) is 1. The summed E-state index contributed by atoms with van der Waals surface area (Å²) in [5.74, 6) is -0.486. The molecule has 17 heavy (non-hydrogen) atoms. The minimum Gasteiger partial charge on any atom is -0.480 e. The largest absolute Gasteiger partial charge is 0.480 e. The maximum absolute atomic E-state index is 11.6. The van der Waals surface area contributed by atoms with Crippen molar-refractivity contribution in [1.82, 2.24) is 5.32 Å². The van der Waals surface area contributed by atoms with Crippen molar-refractivity contribution < 1.29 is 14.6 Å². The smallest absolute Gasteiger partial charge is 0.326 e. The number of carbonyl (C=O) groups is 1. The molecular formula is C13H23NO3. The molecule has 98 valence electrons. The minimum atomic E-state index is -0.829. The van der Waals surface area contributed by atoms with Crippen molar-refractivity contribution in [3.05, 3.63) is 0 Å². The van der Waals surface area contributed by atoms with Crippen molar-refractivity contribution >= 4 is 5.97 Å². The summed E-state index contributed by atoms with van der Waals surface area (Å²) in [4.78, 5) is 11.6. The van der Waals surface area contributed by atoms with E-state index in [1.54, 1.807) is 0 Å². The number of hydrogen-bond donors (Lipinski definition) is 2. The van der Waals surface area contributed by atoms with Crippen LogP contribution < -0.4 is 5.32 Å². The lowest BCUT2D eigenvalue weighted by Crippen LogP contribution is -2.58. The summed E-state index contributed by atoms with van der Waals surface area (Å²) in [5.41, 5.74) is -0.829. The van der Waals surface area contributed by atoms with E-state index in [-0.39, 0.29) is 12.0 Å². The number of carboxylic acids is 1. The van der Waals surface area contributed by atoms with E-state index in [9.17, 15) is 9.90 Å². The Hall–Kier alpha value is -0.610. The fourth-order valence-corrected chi connectivity index (χ4v) is 2.14. The highest BCUT2D eigenvalue weighted by Crippen LogP contribution is 2.42. The fourth-order valence-electron chi connectivity index (χ4n) is 2.14. The van der Waals surface area contributed by atoms with Crippen LogP contribution in [-0.4, -0.2) is 35.4 Å². The highest BCUT2D eigenvalue weighted by Gasteiger charge is 2.53. The van der Waals surface area contributed by atoms with Crippen LogP contribution in [0.4, 0.5) is 0 Å². The zero-order valence-electron chi connectivity index (χ0n) is 10.7. The molecule has 2 N–H and O–H groups in total. The molecule has 0 radical (unpaired) electrons. The maximum atomic E-state index is 11.6. The average molecular weight is 241 g/mol. The molecule has 4 heteroatoms. The molecule has 0 aromatic heterocycles. The van der Waals surface area contributed by atoms with E-state index in [2.05, 4.69) is 12.2 Å². The van der Waals surface area contributed by atoms with Crippen molar-refractivity contribution in [3.63, 3.8) is 0 Å². The molecule has 0 amide bonds. The third kappa shape index (κ3) is 2.99. The second-order valence-corrected chi connectivity index (χ2v) is 5.50. The highest BCUT2D eigenvalue weighted by molar-refractivity contribution is 5.80. The molecule has 2 atom stereocenters. The Bertz CT molecular complexity index is 286. The van der Waals surface area contributed by atoms with Crippen molar-refractivity contribution in [2.75, 3.05) is 6.61 Å². The van der Waals surface area contributed by atoms with Gasteiger partial charge >= 0.3 is 5.97 Å². The van der Waals surface area contributed by atoms with Gasteiger partial charge in [-0.05, 0) is 44.9 Å². The summed E-state index contributed by atoms with van der Waals surface area (Å²) in [6.45, 7) is 4.35. The Kier molecular flexibility index (Phi) is 3.73. The van der Waals surface area contributed by atoms with Crippen molar-refractivity contribution in [1.29, 1.82) is 0 Å². The van der Waals surface area contributed by atoms with E-state index in [0.717, 1.165) is 32.1 Å². The second kappa shape index (κ2) is 4.94. The Morgan fingerprint density at radius 2 is 2.12 bits per heavy atom. The fraction of sp³-hybridized carbons (Fsp3) is 0.923. The normalized spacial score (nSPS) is 25.3. The molecule has 2 rings (SSSR count). The molecule has 0 heterocycles. The minimum absolute atomic E-state index is 0.133. The third-order valence-corrected chi connectivity index (χ3v) is 3.87. The van der Waals surface area contributed by atoms with Gasteiger partial charge in [-0.25, -0.2) is 0 Å². The first-order valence-corrected chi connectivity index (χ1v) is 6.71. The Morgan fingerprint density at radius 3 is 2.53 bits per heavy atom. The van der Waals surface area contributed by atoms with Crippen molar-refractivity contribution in [2.24, 2.45) is 5.92 Å². The third-order valence-electron chi connectivity index (χ3n) is 3.87. The molecule has 2 aliphatic carbocycles. The van der Waals surface area contributed by atoms with Crippen LogP contribution in [0.2, 0.25) is 0 Å². The number of hydrogen-bond acceptors (Lipinski definition) is 3. The highest BCUT2D eigenvalue weighted by atomic mass is 16.5. The van der Waals surface area contributed by atoms with Gasteiger partial charge in [0, 0.05) is 6.04 Å². The van der Waals surface area contributed by atoms with Crippen molar-refractivity contribution in [2.45, 2.75) is 63.6 Å². The van der Waals surface area contributed by atoms with E-state index in [0.29, 0.717) is 12.6 Å². The van der Waals surface area contributed by atoms with Gasteiger partial charge in [0.2, 0.25) is 0 Å². The molecule has 2 saturated carbocycles. The monoisotopic (exact) mass is 241 g/mol. The van der Waals surface area contributed by atoms with Gasteiger partial charge in [0.15, 0.2) is 0 Å². The molecule has 0 aliphatic heterocycles. The summed E-state index contributed by atoms with van der Waals surface area (Å²) < 4.78 is 5.70. The van der Waals surface area contributed by atoms with Crippen LogP contribution in [0.3, 0.4) is 0 Å². The SMILES string of the molecule is CCC(C)OCC(NC1CC1)(C(=O)O)C1CC1. The van der Waals surface area contributed by atoms with Gasteiger partial charge in [-0.1, -0.05) is 6.92 Å². The summed E-state index contributed by atoms with van der Waals surface area (Å²) in [6.07, 6.45) is 5.28. The number of rotatable bonds is 8. The van der Waals surface area contributed by atoms with Crippen LogP contribution >= 0.6 is 0 Å². The predicted octanol–water partition coefficient (Wildman–Crippen LogP) is 1.79. The molecule has 0 aromatic rings. The van der Waals surface area contributed by atoms with Crippen LogP contribution in [-0.2, 0) is 9.53 Å². The standard InChI is InChI=1S/C13H23NO3/c1-3-9(2)17-8-13(12(15)16,10-4-5-10)14-11-6-7-11/h9-11,14H,3-8H2,1-2H3,(H,15,16). The quantitative estimate of drug-likeness (QED) is 0.680. The van der Waals surface area contributed by atoms with E-state index in [1.807, 2.05) is 6.92 Å². The predicted molar refractivity (Wildman–Crippen MR) is 65.0 cm³/mol. The number of nitrogens with one attached hydrogen (secondary N) is 1. The lowest BCUT2D eigenvalue weighted by atomic mass is 9.94. The van der Waals surface area contributed by atoms with Crippen LogP contribution in [0.15, 0.2) is 0 Å². The first-order chi connectivity index (χ1) is 8.08. The summed E-state index contributed by atoms with van der Waals surface area (Å²) >= 11 is 0. The molecule has 0 bridgehead atoms.